The summed E-state index contributed by atoms with van der Waals surface area (Å²) < 4.78 is 22.9. The number of halogens is 1. The molecular weight excluding hydrogens is 199 g/mol. The van der Waals surface area contributed by atoms with E-state index in [1.165, 1.54) is 30.5 Å². The Labute approximate surface area is 85.5 Å². The summed E-state index contributed by atoms with van der Waals surface area (Å²) in [4.78, 5) is 3.71. The SMILES string of the molecule is Nc1ncc(COc2ccc(F)cc2)o1. The number of rotatable bonds is 3. The molecule has 2 aromatic rings. The van der Waals surface area contributed by atoms with Crippen molar-refractivity contribution in [2.45, 2.75) is 6.61 Å². The van der Waals surface area contributed by atoms with Crippen LogP contribution in [0.1, 0.15) is 5.76 Å². The highest BCUT2D eigenvalue weighted by atomic mass is 19.1. The molecule has 0 amide bonds. The molecule has 0 atom stereocenters. The first-order chi connectivity index (χ1) is 7.24. The number of benzene rings is 1. The molecule has 2 rings (SSSR count). The van der Waals surface area contributed by atoms with Crippen LogP contribution in [0.5, 0.6) is 5.75 Å². The van der Waals surface area contributed by atoms with Crippen molar-refractivity contribution >= 4 is 6.01 Å². The van der Waals surface area contributed by atoms with Gasteiger partial charge in [-0.15, -0.1) is 0 Å². The quantitative estimate of drug-likeness (QED) is 0.837. The van der Waals surface area contributed by atoms with Crippen LogP contribution in [-0.2, 0) is 6.61 Å². The predicted molar refractivity (Wildman–Crippen MR) is 51.6 cm³/mol. The number of oxazole rings is 1. The third-order valence-electron chi connectivity index (χ3n) is 1.77. The van der Waals surface area contributed by atoms with E-state index in [0.717, 1.165) is 0 Å². The second-order valence-electron chi connectivity index (χ2n) is 2.91. The van der Waals surface area contributed by atoms with Crippen LogP contribution >= 0.6 is 0 Å². The monoisotopic (exact) mass is 208 g/mol. The second-order valence-corrected chi connectivity index (χ2v) is 2.91. The number of nitrogens with zero attached hydrogens (tertiary/aromatic N) is 1. The zero-order chi connectivity index (χ0) is 10.7. The van der Waals surface area contributed by atoms with Gasteiger partial charge in [0.15, 0.2) is 5.76 Å². The largest absolute Gasteiger partial charge is 0.486 e. The number of anilines is 1. The third-order valence-corrected chi connectivity index (χ3v) is 1.77. The minimum atomic E-state index is -0.300. The first kappa shape index (κ1) is 9.51. The molecular formula is C10H9FN2O2. The van der Waals surface area contributed by atoms with E-state index in [1.807, 2.05) is 0 Å². The minimum absolute atomic E-state index is 0.104. The lowest BCUT2D eigenvalue weighted by atomic mass is 10.3. The van der Waals surface area contributed by atoms with Gasteiger partial charge in [0.25, 0.3) is 6.01 Å². The summed E-state index contributed by atoms with van der Waals surface area (Å²) in [5.74, 6) is 0.787. The van der Waals surface area contributed by atoms with Crippen molar-refractivity contribution in [3.05, 3.63) is 42.0 Å². The summed E-state index contributed by atoms with van der Waals surface area (Å²) in [5.41, 5.74) is 5.28. The van der Waals surface area contributed by atoms with Crippen molar-refractivity contribution < 1.29 is 13.5 Å². The lowest BCUT2D eigenvalue weighted by Crippen LogP contribution is -1.93. The molecule has 0 bridgehead atoms. The number of ether oxygens (including phenoxy) is 1. The summed E-state index contributed by atoms with van der Waals surface area (Å²) in [6.45, 7) is 0.218. The highest BCUT2D eigenvalue weighted by molar-refractivity contribution is 5.22. The lowest BCUT2D eigenvalue weighted by Gasteiger charge is -2.02. The normalized spacial score (nSPS) is 10.2. The summed E-state index contributed by atoms with van der Waals surface area (Å²) >= 11 is 0. The molecule has 4 nitrogen and oxygen atoms in total. The maximum atomic E-state index is 12.6. The first-order valence-electron chi connectivity index (χ1n) is 4.32. The summed E-state index contributed by atoms with van der Waals surface area (Å²) in [7, 11) is 0. The first-order valence-corrected chi connectivity index (χ1v) is 4.32. The smallest absolute Gasteiger partial charge is 0.292 e. The van der Waals surface area contributed by atoms with Crippen molar-refractivity contribution in [3.8, 4) is 5.75 Å². The maximum Gasteiger partial charge on any atom is 0.292 e. The van der Waals surface area contributed by atoms with Crippen molar-refractivity contribution in [1.82, 2.24) is 4.98 Å². The summed E-state index contributed by atoms with van der Waals surface area (Å²) in [6, 6.07) is 5.82. The minimum Gasteiger partial charge on any atom is -0.486 e. The highest BCUT2D eigenvalue weighted by Crippen LogP contribution is 2.14. The Bertz CT molecular complexity index is 439. The van der Waals surface area contributed by atoms with Crippen LogP contribution in [0, 0.1) is 5.82 Å². The van der Waals surface area contributed by atoms with Crippen LogP contribution in [0.25, 0.3) is 0 Å². The van der Waals surface area contributed by atoms with Gasteiger partial charge in [-0.05, 0) is 24.3 Å². The number of nitrogens with two attached hydrogens (primary N) is 1. The Balaban J connectivity index is 1.96. The fourth-order valence-corrected chi connectivity index (χ4v) is 1.07. The highest BCUT2D eigenvalue weighted by Gasteiger charge is 2.01. The van der Waals surface area contributed by atoms with Crippen LogP contribution in [0.15, 0.2) is 34.9 Å². The van der Waals surface area contributed by atoms with E-state index >= 15 is 0 Å². The van der Waals surface area contributed by atoms with E-state index in [0.29, 0.717) is 11.5 Å². The van der Waals surface area contributed by atoms with Gasteiger partial charge < -0.3 is 14.9 Å². The van der Waals surface area contributed by atoms with Gasteiger partial charge in [0.05, 0.1) is 6.20 Å². The molecule has 0 radical (unpaired) electrons. The van der Waals surface area contributed by atoms with Crippen molar-refractivity contribution in [2.75, 3.05) is 5.73 Å². The summed E-state index contributed by atoms with van der Waals surface area (Å²) in [6.07, 6.45) is 1.48. The van der Waals surface area contributed by atoms with Gasteiger partial charge in [-0.2, -0.15) is 0 Å². The van der Waals surface area contributed by atoms with Gasteiger partial charge in [0.2, 0.25) is 0 Å². The molecule has 1 aromatic heterocycles. The van der Waals surface area contributed by atoms with Crippen LogP contribution in [0.4, 0.5) is 10.4 Å². The molecule has 5 heteroatoms. The maximum absolute atomic E-state index is 12.6. The van der Waals surface area contributed by atoms with Crippen molar-refractivity contribution in [2.24, 2.45) is 0 Å². The van der Waals surface area contributed by atoms with Crippen LogP contribution in [0.2, 0.25) is 0 Å². The van der Waals surface area contributed by atoms with Crippen LogP contribution in [0.3, 0.4) is 0 Å². The topological polar surface area (TPSA) is 61.3 Å². The fourth-order valence-electron chi connectivity index (χ4n) is 1.07. The van der Waals surface area contributed by atoms with E-state index in [1.54, 1.807) is 0 Å². The number of nitrogen functional groups attached to an aromatic ring is 1. The molecule has 1 heterocycles. The zero-order valence-electron chi connectivity index (χ0n) is 7.81. The lowest BCUT2D eigenvalue weighted by molar-refractivity contribution is 0.272. The molecule has 0 saturated heterocycles. The Morgan fingerprint density at radius 2 is 2.07 bits per heavy atom. The van der Waals surface area contributed by atoms with Crippen LogP contribution < -0.4 is 10.5 Å². The van der Waals surface area contributed by atoms with E-state index in [-0.39, 0.29) is 18.4 Å². The van der Waals surface area contributed by atoms with Crippen LogP contribution in [-0.4, -0.2) is 4.98 Å². The average molecular weight is 208 g/mol. The van der Waals surface area contributed by atoms with E-state index < -0.39 is 0 Å². The predicted octanol–water partition coefficient (Wildman–Crippen LogP) is 1.97. The van der Waals surface area contributed by atoms with E-state index in [2.05, 4.69) is 4.98 Å². The molecule has 0 spiro atoms. The molecule has 15 heavy (non-hydrogen) atoms. The second kappa shape index (κ2) is 4.00. The molecule has 0 fully saturated rings. The molecule has 2 N–H and O–H groups in total. The third kappa shape index (κ3) is 2.46. The Morgan fingerprint density at radius 1 is 1.33 bits per heavy atom. The molecule has 0 aliphatic heterocycles. The number of hydrogen-bond acceptors (Lipinski definition) is 4. The van der Waals surface area contributed by atoms with Crippen molar-refractivity contribution in [1.29, 1.82) is 0 Å². The molecule has 0 aliphatic rings. The Hall–Kier alpha value is -2.04. The Kier molecular flexibility index (Phi) is 2.53. The summed E-state index contributed by atoms with van der Waals surface area (Å²) in [5, 5.41) is 0. The van der Waals surface area contributed by atoms with E-state index in [9.17, 15) is 4.39 Å². The van der Waals surface area contributed by atoms with Gasteiger partial charge in [0, 0.05) is 0 Å². The fraction of sp³-hybridized carbons (Fsp3) is 0.100. The van der Waals surface area contributed by atoms with E-state index in [4.69, 9.17) is 14.9 Å². The molecule has 0 aliphatic carbocycles. The molecule has 0 saturated carbocycles. The molecule has 78 valence electrons. The molecule has 1 aromatic carbocycles. The van der Waals surface area contributed by atoms with Gasteiger partial charge in [-0.3, -0.25) is 0 Å². The van der Waals surface area contributed by atoms with Gasteiger partial charge >= 0.3 is 0 Å². The Morgan fingerprint density at radius 3 is 2.67 bits per heavy atom. The van der Waals surface area contributed by atoms with Gasteiger partial charge in [0.1, 0.15) is 18.2 Å². The average Bonchev–Trinajstić information content (AvgIpc) is 2.64. The zero-order valence-corrected chi connectivity index (χ0v) is 7.81. The standard InChI is InChI=1S/C10H9FN2O2/c11-7-1-3-8(4-2-7)14-6-9-5-13-10(12)15-9/h1-5H,6H2,(H2,12,13). The number of hydrogen-bond donors (Lipinski definition) is 1. The van der Waals surface area contributed by atoms with Gasteiger partial charge in [-0.25, -0.2) is 9.37 Å². The number of aromatic nitrogens is 1. The van der Waals surface area contributed by atoms with Crippen molar-refractivity contribution in [3.63, 3.8) is 0 Å². The van der Waals surface area contributed by atoms with Gasteiger partial charge in [-0.1, -0.05) is 0 Å². The molecule has 0 unspecified atom stereocenters.